The van der Waals surface area contributed by atoms with Crippen molar-refractivity contribution in [3.63, 3.8) is 0 Å². The zero-order valence-corrected chi connectivity index (χ0v) is 11.8. The van der Waals surface area contributed by atoms with Crippen LogP contribution in [-0.4, -0.2) is 25.6 Å². The van der Waals surface area contributed by atoms with Gasteiger partial charge in [-0.3, -0.25) is 4.99 Å². The number of hydrogen-bond acceptors (Lipinski definition) is 1. The van der Waals surface area contributed by atoms with Crippen molar-refractivity contribution < 1.29 is 4.39 Å². The van der Waals surface area contributed by atoms with Crippen LogP contribution in [0.15, 0.2) is 29.3 Å². The monoisotopic (exact) mass is 263 g/mol. The molecular weight excluding hydrogens is 241 g/mol. The van der Waals surface area contributed by atoms with Crippen LogP contribution >= 0.6 is 0 Å². The number of aliphatic imine (C=N–C) groups is 1. The number of guanidine groups is 1. The minimum atomic E-state index is -0.285. The van der Waals surface area contributed by atoms with E-state index in [0.717, 1.165) is 11.5 Å². The second-order valence-corrected chi connectivity index (χ2v) is 5.71. The average molecular weight is 263 g/mol. The molecule has 0 spiro atoms. The average Bonchev–Trinajstić information content (AvgIpc) is 3.18. The molecule has 0 amide bonds. The fraction of sp³-hybridized carbons (Fsp3) is 0.533. The normalized spacial score (nSPS) is 16.3. The Bertz CT molecular complexity index is 464. The van der Waals surface area contributed by atoms with E-state index in [1.807, 2.05) is 26.0 Å². The van der Waals surface area contributed by atoms with Crippen molar-refractivity contribution >= 4 is 5.96 Å². The van der Waals surface area contributed by atoms with Crippen molar-refractivity contribution in [3.05, 3.63) is 35.6 Å². The Morgan fingerprint density at radius 3 is 2.63 bits per heavy atom. The summed E-state index contributed by atoms with van der Waals surface area (Å²) in [5, 5.41) is 6.60. The van der Waals surface area contributed by atoms with Gasteiger partial charge in [0.15, 0.2) is 5.96 Å². The molecule has 0 aliphatic heterocycles. The van der Waals surface area contributed by atoms with Gasteiger partial charge in [0, 0.05) is 25.0 Å². The van der Waals surface area contributed by atoms with Crippen molar-refractivity contribution in [1.29, 1.82) is 0 Å². The lowest BCUT2D eigenvalue weighted by atomic mass is 9.84. The summed E-state index contributed by atoms with van der Waals surface area (Å²) in [6.45, 7) is 4.70. The van der Waals surface area contributed by atoms with Crippen LogP contribution in [0.4, 0.5) is 4.39 Å². The number of rotatable bonds is 4. The van der Waals surface area contributed by atoms with Crippen LogP contribution in [0.1, 0.15) is 32.3 Å². The zero-order valence-electron chi connectivity index (χ0n) is 11.8. The minimum Gasteiger partial charge on any atom is -0.356 e. The maximum atomic E-state index is 13.8. The van der Waals surface area contributed by atoms with Gasteiger partial charge in [-0.2, -0.15) is 0 Å². The molecule has 3 nitrogen and oxygen atoms in total. The van der Waals surface area contributed by atoms with E-state index < -0.39 is 0 Å². The van der Waals surface area contributed by atoms with Crippen molar-refractivity contribution in [2.45, 2.75) is 38.1 Å². The van der Waals surface area contributed by atoms with Crippen LogP contribution in [0.5, 0.6) is 0 Å². The topological polar surface area (TPSA) is 36.4 Å². The largest absolute Gasteiger partial charge is 0.356 e. The van der Waals surface area contributed by atoms with Gasteiger partial charge in [-0.1, -0.05) is 32.0 Å². The molecule has 1 aliphatic rings. The summed E-state index contributed by atoms with van der Waals surface area (Å²) in [5.74, 6) is 0.645. The molecule has 1 saturated carbocycles. The first-order valence-corrected chi connectivity index (χ1v) is 6.75. The molecule has 1 aliphatic carbocycles. The predicted molar refractivity (Wildman–Crippen MR) is 76.9 cm³/mol. The molecule has 1 aromatic rings. The quantitative estimate of drug-likeness (QED) is 0.646. The number of nitrogens with zero attached hydrogens (tertiary/aromatic N) is 1. The lowest BCUT2D eigenvalue weighted by Crippen LogP contribution is -2.44. The van der Waals surface area contributed by atoms with Crippen molar-refractivity contribution in [1.82, 2.24) is 10.6 Å². The van der Waals surface area contributed by atoms with Crippen LogP contribution < -0.4 is 10.6 Å². The van der Waals surface area contributed by atoms with Crippen molar-refractivity contribution in [2.75, 3.05) is 13.6 Å². The minimum absolute atomic E-state index is 0.153. The van der Waals surface area contributed by atoms with Gasteiger partial charge in [0.2, 0.25) is 0 Å². The smallest absolute Gasteiger partial charge is 0.191 e. The summed E-state index contributed by atoms with van der Waals surface area (Å²) < 4.78 is 13.8. The summed E-state index contributed by atoms with van der Waals surface area (Å²) in [6, 6.07) is 7.50. The van der Waals surface area contributed by atoms with Crippen molar-refractivity contribution in [3.8, 4) is 0 Å². The highest BCUT2D eigenvalue weighted by molar-refractivity contribution is 5.80. The van der Waals surface area contributed by atoms with Crippen LogP contribution in [0.2, 0.25) is 0 Å². The maximum Gasteiger partial charge on any atom is 0.191 e. The predicted octanol–water partition coefficient (Wildman–Crippen LogP) is 2.43. The molecule has 104 valence electrons. The first-order valence-electron chi connectivity index (χ1n) is 6.75. The van der Waals surface area contributed by atoms with Gasteiger partial charge >= 0.3 is 0 Å². The number of benzene rings is 1. The fourth-order valence-corrected chi connectivity index (χ4v) is 2.03. The maximum absolute atomic E-state index is 13.8. The Morgan fingerprint density at radius 1 is 1.37 bits per heavy atom. The van der Waals surface area contributed by atoms with Gasteiger partial charge in [0.25, 0.3) is 0 Å². The Balaban J connectivity index is 1.98. The Morgan fingerprint density at radius 2 is 2.05 bits per heavy atom. The summed E-state index contributed by atoms with van der Waals surface area (Å²) in [4.78, 5) is 4.19. The van der Waals surface area contributed by atoms with Gasteiger partial charge in [-0.15, -0.1) is 0 Å². The number of halogens is 1. The molecule has 4 heteroatoms. The molecule has 2 rings (SSSR count). The molecule has 1 fully saturated rings. The lowest BCUT2D eigenvalue weighted by Gasteiger charge is -2.27. The van der Waals surface area contributed by atoms with Gasteiger partial charge in [-0.25, -0.2) is 4.39 Å². The van der Waals surface area contributed by atoms with E-state index in [9.17, 15) is 4.39 Å². The van der Waals surface area contributed by atoms with Gasteiger partial charge < -0.3 is 10.6 Å². The van der Waals surface area contributed by atoms with Crippen LogP contribution in [0, 0.1) is 5.82 Å². The summed E-state index contributed by atoms with van der Waals surface area (Å²) in [7, 11) is 1.76. The van der Waals surface area contributed by atoms with E-state index in [4.69, 9.17) is 0 Å². The molecule has 0 aromatic heterocycles. The molecule has 2 N–H and O–H groups in total. The van der Waals surface area contributed by atoms with Crippen LogP contribution in [-0.2, 0) is 5.41 Å². The first-order chi connectivity index (χ1) is 9.03. The summed E-state index contributed by atoms with van der Waals surface area (Å²) in [6.07, 6.45) is 2.41. The Hall–Kier alpha value is -1.58. The molecule has 0 radical (unpaired) electrons. The Labute approximate surface area is 114 Å². The lowest BCUT2D eigenvalue weighted by molar-refractivity contribution is 0.473. The van der Waals surface area contributed by atoms with E-state index >= 15 is 0 Å². The molecule has 0 unspecified atom stereocenters. The summed E-state index contributed by atoms with van der Waals surface area (Å²) >= 11 is 0. The highest BCUT2D eigenvalue weighted by atomic mass is 19.1. The van der Waals surface area contributed by atoms with Gasteiger partial charge in [0.05, 0.1) is 0 Å². The highest BCUT2D eigenvalue weighted by Gasteiger charge is 2.26. The molecular formula is C15H22FN3. The third-order valence-corrected chi connectivity index (χ3v) is 3.44. The molecule has 0 heterocycles. The van der Waals surface area contributed by atoms with Gasteiger partial charge in [-0.05, 0) is 24.5 Å². The number of hydrogen-bond donors (Lipinski definition) is 2. The van der Waals surface area contributed by atoms with Gasteiger partial charge in [0.1, 0.15) is 5.82 Å². The van der Waals surface area contributed by atoms with E-state index in [1.165, 1.54) is 18.9 Å². The third-order valence-electron chi connectivity index (χ3n) is 3.44. The molecule has 19 heavy (non-hydrogen) atoms. The Kier molecular flexibility index (Phi) is 4.08. The second kappa shape index (κ2) is 5.59. The summed E-state index contributed by atoms with van der Waals surface area (Å²) in [5.41, 5.74) is 0.441. The molecule has 0 saturated heterocycles. The van der Waals surface area contributed by atoms with Crippen LogP contribution in [0.25, 0.3) is 0 Å². The van der Waals surface area contributed by atoms with Crippen LogP contribution in [0.3, 0.4) is 0 Å². The third kappa shape index (κ3) is 3.69. The SMILES string of the molecule is CN=C(NCC(C)(C)c1ccccc1F)NC1CC1. The van der Waals surface area contributed by atoms with E-state index in [1.54, 1.807) is 13.1 Å². The fourth-order valence-electron chi connectivity index (χ4n) is 2.03. The van der Waals surface area contributed by atoms with E-state index in [0.29, 0.717) is 12.6 Å². The zero-order chi connectivity index (χ0) is 13.9. The van der Waals surface area contributed by atoms with E-state index in [-0.39, 0.29) is 11.2 Å². The molecule has 0 atom stereocenters. The van der Waals surface area contributed by atoms with Crippen molar-refractivity contribution in [2.24, 2.45) is 4.99 Å². The standard InChI is InChI=1S/C15H22FN3/c1-15(2,12-6-4-5-7-13(12)16)10-18-14(17-3)19-11-8-9-11/h4-7,11H,8-10H2,1-3H3,(H2,17,18,19). The molecule has 0 bridgehead atoms. The highest BCUT2D eigenvalue weighted by Crippen LogP contribution is 2.25. The molecule has 1 aromatic carbocycles. The second-order valence-electron chi connectivity index (χ2n) is 5.71. The van der Waals surface area contributed by atoms with E-state index in [2.05, 4.69) is 15.6 Å². The first kappa shape index (κ1) is 13.8. The number of nitrogens with one attached hydrogen (secondary N) is 2.